The molecule has 0 aromatic heterocycles. The molecule has 0 atom stereocenters. The second-order valence-electron chi connectivity index (χ2n) is 4.15. The van der Waals surface area contributed by atoms with Gasteiger partial charge in [-0.15, -0.1) is 0 Å². The maximum Gasteiger partial charge on any atom is 0.120 e. The Morgan fingerprint density at radius 1 is 1.00 bits per heavy atom. The molecule has 0 aliphatic carbocycles. The number of hydrogen-bond donors (Lipinski definition) is 2. The van der Waals surface area contributed by atoms with Crippen LogP contribution in [0, 0.1) is 0 Å². The van der Waals surface area contributed by atoms with Gasteiger partial charge in [-0.2, -0.15) is 0 Å². The van der Waals surface area contributed by atoms with E-state index in [1.54, 1.807) is 0 Å². The lowest BCUT2D eigenvalue weighted by Crippen LogP contribution is -2.40. The van der Waals surface area contributed by atoms with Gasteiger partial charge in [-0.1, -0.05) is 51.6 Å². The molecule has 0 amide bonds. The number of benzene rings is 1. The van der Waals surface area contributed by atoms with Gasteiger partial charge >= 0.3 is 0 Å². The van der Waals surface area contributed by atoms with Crippen LogP contribution in [0.15, 0.2) is 54.0 Å². The van der Waals surface area contributed by atoms with E-state index in [1.807, 2.05) is 26.8 Å². The van der Waals surface area contributed by atoms with Gasteiger partial charge in [-0.3, -0.25) is 5.43 Å². The first kappa shape index (κ1) is 18.1. The second-order valence-corrected chi connectivity index (χ2v) is 4.15. The van der Waals surface area contributed by atoms with Gasteiger partial charge in [0.25, 0.3) is 0 Å². The highest BCUT2D eigenvalue weighted by Gasteiger charge is 2.09. The van der Waals surface area contributed by atoms with Crippen LogP contribution in [0.1, 0.15) is 40.7 Å². The van der Waals surface area contributed by atoms with E-state index in [2.05, 4.69) is 59.1 Å². The van der Waals surface area contributed by atoms with Crippen LogP contribution in [0.4, 0.5) is 0 Å². The van der Waals surface area contributed by atoms with Gasteiger partial charge in [0.1, 0.15) is 5.82 Å². The molecule has 2 N–H and O–H groups in total. The van der Waals surface area contributed by atoms with Crippen molar-refractivity contribution < 1.29 is 0 Å². The van der Waals surface area contributed by atoms with E-state index < -0.39 is 0 Å². The van der Waals surface area contributed by atoms with Gasteiger partial charge in [0.05, 0.1) is 0 Å². The maximum atomic E-state index is 3.21. The molecule has 0 unspecified atom stereocenters. The third-order valence-corrected chi connectivity index (χ3v) is 2.82. The molecule has 0 radical (unpaired) electrons. The van der Waals surface area contributed by atoms with Crippen LogP contribution in [0.25, 0.3) is 0 Å². The number of nitrogens with one attached hydrogen (secondary N) is 2. The Labute approximate surface area is 124 Å². The molecular weight excluding hydrogens is 246 g/mol. The zero-order valence-electron chi connectivity index (χ0n) is 12.4. The highest BCUT2D eigenvalue weighted by molar-refractivity contribution is 5.20. The summed E-state index contributed by atoms with van der Waals surface area (Å²) >= 11 is 0. The predicted octanol–water partition coefficient (Wildman–Crippen LogP) is 4.02. The number of hydrazine groups is 1. The molecule has 1 aliphatic heterocycles. The summed E-state index contributed by atoms with van der Waals surface area (Å²) in [6, 6.07) is 10.5. The Morgan fingerprint density at radius 3 is 2.15 bits per heavy atom. The van der Waals surface area contributed by atoms with E-state index in [-0.39, 0.29) is 7.43 Å². The minimum atomic E-state index is 0. The number of rotatable bonds is 4. The summed E-state index contributed by atoms with van der Waals surface area (Å²) in [5.41, 5.74) is 8.79. The molecule has 0 bridgehead atoms. The summed E-state index contributed by atoms with van der Waals surface area (Å²) in [6.07, 6.45) is 4.19. The average molecular weight is 275 g/mol. The van der Waals surface area contributed by atoms with Crippen molar-refractivity contribution in [1.82, 2.24) is 15.8 Å². The van der Waals surface area contributed by atoms with Gasteiger partial charge in [0.15, 0.2) is 0 Å². The third kappa shape index (κ3) is 5.39. The van der Waals surface area contributed by atoms with Crippen LogP contribution in [0.3, 0.4) is 0 Å². The predicted molar refractivity (Wildman–Crippen MR) is 88.7 cm³/mol. The zero-order valence-corrected chi connectivity index (χ0v) is 12.4. The largest absolute Gasteiger partial charge is 0.353 e. The fourth-order valence-electron chi connectivity index (χ4n) is 1.81. The fraction of sp³-hybridized carbons (Fsp3) is 0.412. The van der Waals surface area contributed by atoms with Crippen molar-refractivity contribution in [2.24, 2.45) is 0 Å². The van der Waals surface area contributed by atoms with Crippen LogP contribution < -0.4 is 10.9 Å². The van der Waals surface area contributed by atoms with Crippen molar-refractivity contribution in [3.63, 3.8) is 0 Å². The molecule has 1 aromatic carbocycles. The fourth-order valence-corrected chi connectivity index (χ4v) is 1.81. The van der Waals surface area contributed by atoms with E-state index >= 15 is 0 Å². The standard InChI is InChI=1S/C14H19N3.C2H6.CH4/c1-3-17(11-13-7-5-4-6-8-13)14-10-9-12(2)15-16-14;1-2;/h4-10,15-16H,3,11H2,1-2H3;1-2H3;1H4. The quantitative estimate of drug-likeness (QED) is 0.869. The smallest absolute Gasteiger partial charge is 0.120 e. The van der Waals surface area contributed by atoms with E-state index in [1.165, 1.54) is 5.56 Å². The van der Waals surface area contributed by atoms with Crippen molar-refractivity contribution in [3.8, 4) is 0 Å². The van der Waals surface area contributed by atoms with Crippen LogP contribution in [-0.2, 0) is 6.54 Å². The molecule has 1 aliphatic rings. The molecule has 3 nitrogen and oxygen atoms in total. The van der Waals surface area contributed by atoms with Crippen molar-refractivity contribution in [3.05, 3.63) is 59.6 Å². The lowest BCUT2D eigenvalue weighted by Gasteiger charge is -2.29. The molecule has 112 valence electrons. The SMILES string of the molecule is C.CC.CCN(Cc1ccccc1)C1=CC=C(C)NN1. The molecule has 3 heteroatoms. The molecule has 0 spiro atoms. The highest BCUT2D eigenvalue weighted by atomic mass is 15.4. The van der Waals surface area contributed by atoms with Crippen LogP contribution in [0.5, 0.6) is 0 Å². The average Bonchev–Trinajstić information content (AvgIpc) is 2.49. The molecule has 2 rings (SSSR count). The molecule has 0 saturated heterocycles. The first-order valence-corrected chi connectivity index (χ1v) is 6.99. The van der Waals surface area contributed by atoms with Crippen molar-refractivity contribution in [1.29, 1.82) is 0 Å². The molecule has 1 heterocycles. The molecule has 20 heavy (non-hydrogen) atoms. The Balaban J connectivity index is 0.00000115. The van der Waals surface area contributed by atoms with Gasteiger partial charge in [-0.25, -0.2) is 0 Å². The third-order valence-electron chi connectivity index (χ3n) is 2.82. The van der Waals surface area contributed by atoms with E-state index in [9.17, 15) is 0 Å². The minimum Gasteiger partial charge on any atom is -0.353 e. The summed E-state index contributed by atoms with van der Waals surface area (Å²) in [4.78, 5) is 2.30. The van der Waals surface area contributed by atoms with E-state index in [0.29, 0.717) is 0 Å². The summed E-state index contributed by atoms with van der Waals surface area (Å²) in [5, 5.41) is 0. The van der Waals surface area contributed by atoms with Crippen LogP contribution in [-0.4, -0.2) is 11.4 Å². The van der Waals surface area contributed by atoms with Crippen molar-refractivity contribution >= 4 is 0 Å². The summed E-state index contributed by atoms with van der Waals surface area (Å²) < 4.78 is 0. The Kier molecular flexibility index (Phi) is 9.01. The van der Waals surface area contributed by atoms with Gasteiger partial charge in [-0.05, 0) is 31.6 Å². The van der Waals surface area contributed by atoms with Gasteiger partial charge in [0.2, 0.25) is 0 Å². The van der Waals surface area contributed by atoms with Gasteiger partial charge < -0.3 is 10.3 Å². The molecule has 0 saturated carbocycles. The maximum absolute atomic E-state index is 3.21. The Hall–Kier alpha value is -1.90. The number of allylic oxidation sites excluding steroid dienone is 3. The van der Waals surface area contributed by atoms with Crippen molar-refractivity contribution in [2.75, 3.05) is 6.54 Å². The lowest BCUT2D eigenvalue weighted by atomic mass is 10.2. The summed E-state index contributed by atoms with van der Waals surface area (Å²) in [5.74, 6) is 1.11. The zero-order chi connectivity index (χ0) is 14.1. The molecular formula is C17H29N3. The van der Waals surface area contributed by atoms with E-state index in [4.69, 9.17) is 0 Å². The summed E-state index contributed by atoms with van der Waals surface area (Å²) in [7, 11) is 0. The monoisotopic (exact) mass is 275 g/mol. The molecule has 0 fully saturated rings. The van der Waals surface area contributed by atoms with Crippen LogP contribution >= 0.6 is 0 Å². The van der Waals surface area contributed by atoms with E-state index in [0.717, 1.165) is 24.6 Å². The Bertz CT molecular complexity index is 421. The van der Waals surface area contributed by atoms with Crippen LogP contribution in [0.2, 0.25) is 0 Å². The molecule has 1 aromatic rings. The first-order chi connectivity index (χ1) is 9.29. The first-order valence-electron chi connectivity index (χ1n) is 6.99. The topological polar surface area (TPSA) is 27.3 Å². The number of nitrogens with zero attached hydrogens (tertiary/aromatic N) is 1. The second kappa shape index (κ2) is 9.96. The highest BCUT2D eigenvalue weighted by Crippen LogP contribution is 2.10. The minimum absolute atomic E-state index is 0. The summed E-state index contributed by atoms with van der Waals surface area (Å²) in [6.45, 7) is 10.1. The lowest BCUT2D eigenvalue weighted by molar-refractivity contribution is 0.316. The van der Waals surface area contributed by atoms with Gasteiger partial charge in [0, 0.05) is 18.8 Å². The normalized spacial score (nSPS) is 12.4. The Morgan fingerprint density at radius 2 is 1.65 bits per heavy atom. The number of hydrogen-bond acceptors (Lipinski definition) is 3. The van der Waals surface area contributed by atoms with Crippen molar-refractivity contribution in [2.45, 2.75) is 41.7 Å².